The Labute approximate surface area is 111 Å². The number of nitrogens with two attached hydrogens (primary N) is 1. The number of nitrogens with zero attached hydrogens (tertiary/aromatic N) is 4. The normalized spacial score (nSPS) is 11.3. The van der Waals surface area contributed by atoms with Crippen LogP contribution in [0.5, 0.6) is 0 Å². The Morgan fingerprint density at radius 1 is 1.26 bits per heavy atom. The molecule has 98 valence electrons. The average molecular weight is 257 g/mol. The van der Waals surface area contributed by atoms with Crippen LogP contribution in [0, 0.1) is 0 Å². The van der Waals surface area contributed by atoms with Crippen LogP contribution >= 0.6 is 0 Å². The van der Waals surface area contributed by atoms with Gasteiger partial charge in [-0.2, -0.15) is 0 Å². The molecule has 0 unspecified atom stereocenters. The first kappa shape index (κ1) is 12.8. The standard InChI is InChI=1S/C13H15N5O/c1-18(9-10-5-2-3-7-15-10)11-6-4-8-16-12(11)13(14)17-19/h2-8,19H,9H2,1H3,(H2,14,17). The zero-order valence-corrected chi connectivity index (χ0v) is 10.6. The number of rotatable bonds is 4. The van der Waals surface area contributed by atoms with E-state index in [2.05, 4.69) is 15.1 Å². The SMILES string of the molecule is CN(Cc1ccccn1)c1cccnc1/C(N)=N/O. The molecule has 19 heavy (non-hydrogen) atoms. The largest absolute Gasteiger partial charge is 0.409 e. The van der Waals surface area contributed by atoms with Gasteiger partial charge in [-0.05, 0) is 24.3 Å². The van der Waals surface area contributed by atoms with Gasteiger partial charge in [0.05, 0.1) is 17.9 Å². The van der Waals surface area contributed by atoms with Gasteiger partial charge in [-0.25, -0.2) is 0 Å². The summed E-state index contributed by atoms with van der Waals surface area (Å²) in [6, 6.07) is 9.41. The van der Waals surface area contributed by atoms with Crippen molar-refractivity contribution in [1.29, 1.82) is 0 Å². The number of pyridine rings is 2. The van der Waals surface area contributed by atoms with Crippen molar-refractivity contribution in [2.45, 2.75) is 6.54 Å². The lowest BCUT2D eigenvalue weighted by molar-refractivity contribution is 0.318. The Morgan fingerprint density at radius 3 is 2.74 bits per heavy atom. The predicted octanol–water partition coefficient (Wildman–Crippen LogP) is 1.21. The van der Waals surface area contributed by atoms with Crippen LogP contribution in [-0.4, -0.2) is 28.1 Å². The van der Waals surface area contributed by atoms with Gasteiger partial charge in [0.1, 0.15) is 5.69 Å². The molecule has 3 N–H and O–H groups in total. The highest BCUT2D eigenvalue weighted by atomic mass is 16.4. The molecule has 0 radical (unpaired) electrons. The van der Waals surface area contributed by atoms with Crippen LogP contribution in [0.25, 0.3) is 0 Å². The summed E-state index contributed by atoms with van der Waals surface area (Å²) in [5.41, 5.74) is 7.78. The third-order valence-electron chi connectivity index (χ3n) is 2.67. The Kier molecular flexibility index (Phi) is 3.92. The first-order chi connectivity index (χ1) is 9.22. The van der Waals surface area contributed by atoms with Crippen molar-refractivity contribution in [2.24, 2.45) is 10.9 Å². The van der Waals surface area contributed by atoms with E-state index in [1.807, 2.05) is 36.2 Å². The van der Waals surface area contributed by atoms with E-state index in [0.717, 1.165) is 11.4 Å². The molecule has 0 bridgehead atoms. The highest BCUT2D eigenvalue weighted by Gasteiger charge is 2.12. The van der Waals surface area contributed by atoms with Gasteiger partial charge in [0.2, 0.25) is 0 Å². The number of hydrogen-bond donors (Lipinski definition) is 2. The Bertz CT molecular complexity index is 570. The van der Waals surface area contributed by atoms with Crippen LogP contribution in [0.15, 0.2) is 47.9 Å². The number of anilines is 1. The topological polar surface area (TPSA) is 87.6 Å². The minimum absolute atomic E-state index is 0.0107. The molecule has 0 saturated heterocycles. The lowest BCUT2D eigenvalue weighted by atomic mass is 10.2. The van der Waals surface area contributed by atoms with Crippen molar-refractivity contribution in [3.05, 3.63) is 54.1 Å². The molecule has 2 heterocycles. The Hall–Kier alpha value is -2.63. The molecule has 0 saturated carbocycles. The molecule has 0 aliphatic carbocycles. The minimum atomic E-state index is -0.0107. The first-order valence-corrected chi connectivity index (χ1v) is 5.76. The molecular formula is C13H15N5O. The molecule has 0 atom stereocenters. The van der Waals surface area contributed by atoms with E-state index in [1.165, 1.54) is 0 Å². The third kappa shape index (κ3) is 2.98. The summed E-state index contributed by atoms with van der Waals surface area (Å²) < 4.78 is 0. The summed E-state index contributed by atoms with van der Waals surface area (Å²) in [5, 5.41) is 11.8. The number of hydrogen-bond acceptors (Lipinski definition) is 5. The van der Waals surface area contributed by atoms with Crippen LogP contribution in [0.2, 0.25) is 0 Å². The maximum Gasteiger partial charge on any atom is 0.190 e. The second kappa shape index (κ2) is 5.81. The maximum absolute atomic E-state index is 8.78. The van der Waals surface area contributed by atoms with Crippen molar-refractivity contribution < 1.29 is 5.21 Å². The zero-order valence-electron chi connectivity index (χ0n) is 10.6. The molecule has 0 fully saturated rings. The van der Waals surface area contributed by atoms with Crippen LogP contribution in [0.1, 0.15) is 11.4 Å². The van der Waals surface area contributed by atoms with Crippen molar-refractivity contribution in [3.63, 3.8) is 0 Å². The van der Waals surface area contributed by atoms with Crippen molar-refractivity contribution >= 4 is 11.5 Å². The summed E-state index contributed by atoms with van der Waals surface area (Å²) in [5.74, 6) is -0.0107. The molecule has 2 aromatic rings. The van der Waals surface area contributed by atoms with Crippen molar-refractivity contribution in [1.82, 2.24) is 9.97 Å². The molecule has 2 rings (SSSR count). The van der Waals surface area contributed by atoms with E-state index in [1.54, 1.807) is 18.5 Å². The Balaban J connectivity index is 2.27. The second-order valence-electron chi connectivity index (χ2n) is 4.03. The van der Waals surface area contributed by atoms with Gasteiger partial charge < -0.3 is 15.8 Å². The summed E-state index contributed by atoms with van der Waals surface area (Å²) in [4.78, 5) is 10.3. The minimum Gasteiger partial charge on any atom is -0.409 e. The summed E-state index contributed by atoms with van der Waals surface area (Å²) in [6.45, 7) is 0.609. The highest BCUT2D eigenvalue weighted by molar-refractivity contribution is 6.00. The van der Waals surface area contributed by atoms with Crippen LogP contribution in [-0.2, 0) is 6.54 Å². The van der Waals surface area contributed by atoms with Crippen LogP contribution in [0.3, 0.4) is 0 Å². The van der Waals surface area contributed by atoms with Gasteiger partial charge in [0.25, 0.3) is 0 Å². The monoisotopic (exact) mass is 257 g/mol. The van der Waals surface area contributed by atoms with E-state index in [-0.39, 0.29) is 5.84 Å². The molecular weight excluding hydrogens is 242 g/mol. The van der Waals surface area contributed by atoms with Crippen molar-refractivity contribution in [2.75, 3.05) is 11.9 Å². The summed E-state index contributed by atoms with van der Waals surface area (Å²) in [7, 11) is 1.90. The molecule has 0 spiro atoms. The van der Waals surface area contributed by atoms with Crippen molar-refractivity contribution in [3.8, 4) is 0 Å². The molecule has 2 aromatic heterocycles. The first-order valence-electron chi connectivity index (χ1n) is 5.76. The summed E-state index contributed by atoms with van der Waals surface area (Å²) in [6.07, 6.45) is 3.35. The fraction of sp³-hybridized carbons (Fsp3) is 0.154. The highest BCUT2D eigenvalue weighted by Crippen LogP contribution is 2.18. The number of aromatic nitrogens is 2. The van der Waals surface area contributed by atoms with Crippen LogP contribution < -0.4 is 10.6 Å². The van der Waals surface area contributed by atoms with E-state index in [4.69, 9.17) is 10.9 Å². The smallest absolute Gasteiger partial charge is 0.190 e. The summed E-state index contributed by atoms with van der Waals surface area (Å²) >= 11 is 0. The van der Waals surface area contributed by atoms with Gasteiger partial charge in [-0.15, -0.1) is 0 Å². The quantitative estimate of drug-likeness (QED) is 0.372. The molecule has 6 nitrogen and oxygen atoms in total. The Morgan fingerprint density at radius 2 is 2.05 bits per heavy atom. The molecule has 0 aromatic carbocycles. The van der Waals surface area contributed by atoms with E-state index in [0.29, 0.717) is 12.2 Å². The molecule has 0 amide bonds. The zero-order chi connectivity index (χ0) is 13.7. The number of amidine groups is 1. The van der Waals surface area contributed by atoms with E-state index in [9.17, 15) is 0 Å². The van der Waals surface area contributed by atoms with Gasteiger partial charge in [0.15, 0.2) is 5.84 Å². The predicted molar refractivity (Wildman–Crippen MR) is 73.1 cm³/mol. The molecule has 0 aliphatic rings. The van der Waals surface area contributed by atoms with Gasteiger partial charge in [0, 0.05) is 19.4 Å². The molecule has 0 aliphatic heterocycles. The van der Waals surface area contributed by atoms with Gasteiger partial charge >= 0.3 is 0 Å². The second-order valence-corrected chi connectivity index (χ2v) is 4.03. The third-order valence-corrected chi connectivity index (χ3v) is 2.67. The number of oxime groups is 1. The lowest BCUT2D eigenvalue weighted by Gasteiger charge is -2.20. The van der Waals surface area contributed by atoms with E-state index < -0.39 is 0 Å². The average Bonchev–Trinajstić information content (AvgIpc) is 2.47. The fourth-order valence-corrected chi connectivity index (χ4v) is 1.77. The maximum atomic E-state index is 8.78. The van der Waals surface area contributed by atoms with Crippen LogP contribution in [0.4, 0.5) is 5.69 Å². The van der Waals surface area contributed by atoms with Gasteiger partial charge in [-0.1, -0.05) is 11.2 Å². The molecule has 6 heteroatoms. The van der Waals surface area contributed by atoms with Gasteiger partial charge in [-0.3, -0.25) is 9.97 Å². The lowest BCUT2D eigenvalue weighted by Crippen LogP contribution is -2.24. The fourth-order valence-electron chi connectivity index (χ4n) is 1.77. The van der Waals surface area contributed by atoms with E-state index >= 15 is 0 Å².